The van der Waals surface area contributed by atoms with Crippen molar-refractivity contribution < 1.29 is 9.47 Å². The van der Waals surface area contributed by atoms with Gasteiger partial charge in [-0.15, -0.1) is 0 Å². The summed E-state index contributed by atoms with van der Waals surface area (Å²) < 4.78 is 10.8. The normalized spacial score (nSPS) is 22.5. The minimum Gasteiger partial charge on any atom is -0.381 e. The highest BCUT2D eigenvalue weighted by molar-refractivity contribution is 6.19. The summed E-state index contributed by atoms with van der Waals surface area (Å²) in [7, 11) is 0. The van der Waals surface area contributed by atoms with E-state index in [2.05, 4.69) is 6.92 Å². The fraction of sp³-hybridized carbons (Fsp3) is 1.00. The smallest absolute Gasteiger partial charge is 0.131 e. The third-order valence-electron chi connectivity index (χ3n) is 2.02. The summed E-state index contributed by atoms with van der Waals surface area (Å²) in [4.78, 5) is 0. The molecule has 0 aromatic carbocycles. The number of halogens is 1. The Labute approximate surface area is 79.2 Å². The average Bonchev–Trinajstić information content (AvgIpc) is 2.06. The zero-order valence-electron chi connectivity index (χ0n) is 7.59. The Morgan fingerprint density at radius 3 is 2.75 bits per heavy atom. The van der Waals surface area contributed by atoms with Gasteiger partial charge in [-0.1, -0.05) is 24.9 Å². The van der Waals surface area contributed by atoms with Gasteiger partial charge in [0, 0.05) is 13.2 Å². The molecule has 0 amide bonds. The van der Waals surface area contributed by atoms with E-state index in [1.165, 1.54) is 0 Å². The van der Waals surface area contributed by atoms with E-state index in [9.17, 15) is 0 Å². The van der Waals surface area contributed by atoms with E-state index < -0.39 is 0 Å². The van der Waals surface area contributed by atoms with Gasteiger partial charge in [0.05, 0.1) is 6.10 Å². The lowest BCUT2D eigenvalue weighted by molar-refractivity contribution is -0.0452. The van der Waals surface area contributed by atoms with Gasteiger partial charge >= 0.3 is 0 Å². The summed E-state index contributed by atoms with van der Waals surface area (Å²) in [6.07, 6.45) is 4.34. The standard InChI is InChI=1S/C9H17ClO2/c1-2-3-9(10)12-8-4-6-11-7-5-8/h8-9H,2-7H2,1H3. The highest BCUT2D eigenvalue weighted by atomic mass is 35.5. The Kier molecular flexibility index (Phi) is 4.96. The number of ether oxygens (including phenoxy) is 2. The molecule has 12 heavy (non-hydrogen) atoms. The molecule has 1 heterocycles. The van der Waals surface area contributed by atoms with E-state index in [-0.39, 0.29) is 5.56 Å². The number of hydrogen-bond donors (Lipinski definition) is 0. The average molecular weight is 193 g/mol. The molecule has 0 aromatic heterocycles. The SMILES string of the molecule is CCCC(Cl)OC1CCOCC1. The van der Waals surface area contributed by atoms with Crippen LogP contribution in [0.3, 0.4) is 0 Å². The van der Waals surface area contributed by atoms with Gasteiger partial charge in [-0.05, 0) is 19.3 Å². The molecule has 72 valence electrons. The largest absolute Gasteiger partial charge is 0.381 e. The molecule has 1 rings (SSSR count). The third kappa shape index (κ3) is 3.74. The first-order chi connectivity index (χ1) is 5.83. The summed E-state index contributed by atoms with van der Waals surface area (Å²) in [6, 6.07) is 0. The molecular formula is C9H17ClO2. The van der Waals surface area contributed by atoms with Gasteiger partial charge in [0.15, 0.2) is 0 Å². The molecule has 1 unspecified atom stereocenters. The van der Waals surface area contributed by atoms with Crippen molar-refractivity contribution in [2.75, 3.05) is 13.2 Å². The highest BCUT2D eigenvalue weighted by Crippen LogP contribution is 2.17. The van der Waals surface area contributed by atoms with E-state index in [0.29, 0.717) is 6.10 Å². The lowest BCUT2D eigenvalue weighted by atomic mass is 10.1. The summed E-state index contributed by atoms with van der Waals surface area (Å²) >= 11 is 5.95. The van der Waals surface area contributed by atoms with Crippen molar-refractivity contribution in [3.8, 4) is 0 Å². The van der Waals surface area contributed by atoms with Crippen LogP contribution in [0.15, 0.2) is 0 Å². The molecular weight excluding hydrogens is 176 g/mol. The molecule has 0 spiro atoms. The van der Waals surface area contributed by atoms with E-state index in [1.807, 2.05) is 0 Å². The van der Waals surface area contributed by atoms with Crippen molar-refractivity contribution >= 4 is 11.6 Å². The summed E-state index contributed by atoms with van der Waals surface area (Å²) in [6.45, 7) is 3.75. The molecule has 0 aromatic rings. The van der Waals surface area contributed by atoms with Crippen LogP contribution in [0.5, 0.6) is 0 Å². The maximum Gasteiger partial charge on any atom is 0.131 e. The maximum atomic E-state index is 5.95. The monoisotopic (exact) mass is 192 g/mol. The van der Waals surface area contributed by atoms with Gasteiger partial charge in [-0.2, -0.15) is 0 Å². The first-order valence-corrected chi connectivity index (χ1v) is 5.14. The summed E-state index contributed by atoms with van der Waals surface area (Å²) in [5.41, 5.74) is -0.0990. The third-order valence-corrected chi connectivity index (χ3v) is 2.35. The molecule has 0 aliphatic carbocycles. The van der Waals surface area contributed by atoms with Gasteiger partial charge in [-0.3, -0.25) is 0 Å². The van der Waals surface area contributed by atoms with E-state index >= 15 is 0 Å². The van der Waals surface area contributed by atoms with Crippen LogP contribution in [0.4, 0.5) is 0 Å². The van der Waals surface area contributed by atoms with Crippen molar-refractivity contribution in [2.45, 2.75) is 44.3 Å². The van der Waals surface area contributed by atoms with Crippen molar-refractivity contribution in [1.82, 2.24) is 0 Å². The molecule has 2 nitrogen and oxygen atoms in total. The number of hydrogen-bond acceptors (Lipinski definition) is 2. The topological polar surface area (TPSA) is 18.5 Å². The van der Waals surface area contributed by atoms with Crippen LogP contribution in [0.2, 0.25) is 0 Å². The maximum absolute atomic E-state index is 5.95. The van der Waals surface area contributed by atoms with E-state index in [4.69, 9.17) is 21.1 Å². The molecule has 1 fully saturated rings. The Balaban J connectivity index is 2.11. The van der Waals surface area contributed by atoms with Gasteiger partial charge in [0.25, 0.3) is 0 Å². The van der Waals surface area contributed by atoms with E-state index in [1.54, 1.807) is 0 Å². The van der Waals surface area contributed by atoms with Crippen molar-refractivity contribution in [3.63, 3.8) is 0 Å². The molecule has 3 heteroatoms. The first kappa shape index (κ1) is 10.3. The lowest BCUT2D eigenvalue weighted by Gasteiger charge is -2.24. The van der Waals surface area contributed by atoms with Gasteiger partial charge in [0.1, 0.15) is 5.56 Å². The molecule has 0 radical (unpaired) electrons. The number of alkyl halides is 1. The van der Waals surface area contributed by atoms with Crippen LogP contribution in [-0.2, 0) is 9.47 Å². The molecule has 0 saturated carbocycles. The molecule has 1 aliphatic heterocycles. The predicted octanol–water partition coefficient (Wildman–Crippen LogP) is 2.55. The fourth-order valence-electron chi connectivity index (χ4n) is 1.32. The Hall–Kier alpha value is 0.210. The van der Waals surface area contributed by atoms with Gasteiger partial charge < -0.3 is 9.47 Å². The van der Waals surface area contributed by atoms with Crippen molar-refractivity contribution in [1.29, 1.82) is 0 Å². The molecule has 0 N–H and O–H groups in total. The zero-order valence-corrected chi connectivity index (χ0v) is 8.35. The van der Waals surface area contributed by atoms with Crippen LogP contribution in [0.25, 0.3) is 0 Å². The Morgan fingerprint density at radius 1 is 1.50 bits per heavy atom. The second kappa shape index (κ2) is 5.79. The van der Waals surface area contributed by atoms with Crippen molar-refractivity contribution in [2.24, 2.45) is 0 Å². The summed E-state index contributed by atoms with van der Waals surface area (Å²) in [5.74, 6) is 0. The zero-order chi connectivity index (χ0) is 8.81. The second-order valence-electron chi connectivity index (χ2n) is 3.15. The minimum atomic E-state index is -0.0990. The summed E-state index contributed by atoms with van der Waals surface area (Å²) in [5, 5.41) is 0. The van der Waals surface area contributed by atoms with Crippen LogP contribution in [-0.4, -0.2) is 24.9 Å². The number of rotatable bonds is 4. The van der Waals surface area contributed by atoms with Gasteiger partial charge in [0.2, 0.25) is 0 Å². The Bertz CT molecular complexity index is 113. The quantitative estimate of drug-likeness (QED) is 0.638. The Morgan fingerprint density at radius 2 is 2.17 bits per heavy atom. The van der Waals surface area contributed by atoms with Crippen molar-refractivity contribution in [3.05, 3.63) is 0 Å². The minimum absolute atomic E-state index is 0.0990. The van der Waals surface area contributed by atoms with Crippen LogP contribution in [0, 0.1) is 0 Å². The van der Waals surface area contributed by atoms with Crippen LogP contribution >= 0.6 is 11.6 Å². The second-order valence-corrected chi connectivity index (χ2v) is 3.63. The molecule has 0 bridgehead atoms. The fourth-order valence-corrected chi connectivity index (χ4v) is 1.68. The van der Waals surface area contributed by atoms with Crippen LogP contribution in [0.1, 0.15) is 32.6 Å². The molecule has 1 saturated heterocycles. The highest BCUT2D eigenvalue weighted by Gasteiger charge is 2.17. The molecule has 1 aliphatic rings. The predicted molar refractivity (Wildman–Crippen MR) is 49.5 cm³/mol. The first-order valence-electron chi connectivity index (χ1n) is 4.70. The lowest BCUT2D eigenvalue weighted by Crippen LogP contribution is -2.26. The molecule has 1 atom stereocenters. The van der Waals surface area contributed by atoms with Crippen LogP contribution < -0.4 is 0 Å². The van der Waals surface area contributed by atoms with Gasteiger partial charge in [-0.25, -0.2) is 0 Å². The van der Waals surface area contributed by atoms with E-state index in [0.717, 1.165) is 38.9 Å².